The number of hydrogen-bond donors (Lipinski definition) is 1. The van der Waals surface area contributed by atoms with Crippen LogP contribution < -0.4 is 4.90 Å². The third-order valence-corrected chi connectivity index (χ3v) is 3.12. The fraction of sp³-hybridized carbons (Fsp3) is 0.667. The number of aromatic nitrogens is 2. The van der Waals surface area contributed by atoms with Gasteiger partial charge in [-0.3, -0.25) is 4.98 Å². The summed E-state index contributed by atoms with van der Waals surface area (Å²) in [6.07, 6.45) is 5.04. The number of aromatic carboxylic acids is 1. The average Bonchev–Trinajstić information content (AvgIpc) is 2.38. The van der Waals surface area contributed by atoms with Crippen LogP contribution in [0.25, 0.3) is 0 Å². The van der Waals surface area contributed by atoms with E-state index in [9.17, 15) is 4.79 Å². The van der Waals surface area contributed by atoms with Gasteiger partial charge < -0.3 is 10.0 Å². The first kappa shape index (κ1) is 16.4. The summed E-state index contributed by atoms with van der Waals surface area (Å²) in [4.78, 5) is 21.3. The molecule has 0 unspecified atom stereocenters. The molecule has 5 heteroatoms. The SMILES string of the molecule is CC(C)CCN(CCC(C)C)c1cncc(C(=O)O)n1. The molecule has 0 amide bonds. The summed E-state index contributed by atoms with van der Waals surface area (Å²) >= 11 is 0. The Morgan fingerprint density at radius 2 is 1.70 bits per heavy atom. The topological polar surface area (TPSA) is 66.3 Å². The summed E-state index contributed by atoms with van der Waals surface area (Å²) in [5.74, 6) is 0.831. The van der Waals surface area contributed by atoms with Crippen molar-refractivity contribution < 1.29 is 9.90 Å². The molecule has 0 aliphatic rings. The van der Waals surface area contributed by atoms with E-state index in [4.69, 9.17) is 5.11 Å². The van der Waals surface area contributed by atoms with E-state index in [1.165, 1.54) is 6.20 Å². The van der Waals surface area contributed by atoms with Crippen LogP contribution in [0.5, 0.6) is 0 Å². The van der Waals surface area contributed by atoms with Crippen LogP contribution in [-0.2, 0) is 0 Å². The Bertz CT molecular complexity index is 421. The van der Waals surface area contributed by atoms with Gasteiger partial charge in [-0.1, -0.05) is 27.7 Å². The number of carbonyl (C=O) groups is 1. The van der Waals surface area contributed by atoms with Crippen LogP contribution in [0.4, 0.5) is 5.82 Å². The van der Waals surface area contributed by atoms with Gasteiger partial charge in [0.2, 0.25) is 0 Å². The normalized spacial score (nSPS) is 11.1. The largest absolute Gasteiger partial charge is 0.476 e. The highest BCUT2D eigenvalue weighted by Crippen LogP contribution is 2.15. The van der Waals surface area contributed by atoms with E-state index >= 15 is 0 Å². The Hall–Kier alpha value is -1.65. The molecule has 1 aromatic heterocycles. The lowest BCUT2D eigenvalue weighted by Gasteiger charge is -2.25. The number of carboxylic acids is 1. The molecule has 0 bridgehead atoms. The second kappa shape index (κ2) is 7.82. The van der Waals surface area contributed by atoms with E-state index in [2.05, 4.69) is 42.6 Å². The van der Waals surface area contributed by atoms with Crippen LogP contribution in [0.1, 0.15) is 51.0 Å². The summed E-state index contributed by atoms with van der Waals surface area (Å²) in [7, 11) is 0. The van der Waals surface area contributed by atoms with Crippen LogP contribution in [0.2, 0.25) is 0 Å². The minimum absolute atomic E-state index is 0.00148. The van der Waals surface area contributed by atoms with Crippen molar-refractivity contribution in [3.8, 4) is 0 Å². The molecule has 0 fully saturated rings. The minimum atomic E-state index is -1.04. The van der Waals surface area contributed by atoms with Gasteiger partial charge in [-0.05, 0) is 24.7 Å². The quantitative estimate of drug-likeness (QED) is 0.792. The maximum atomic E-state index is 11.0. The molecule has 1 rings (SSSR count). The van der Waals surface area contributed by atoms with Crippen LogP contribution in [0.3, 0.4) is 0 Å². The van der Waals surface area contributed by atoms with Crippen molar-refractivity contribution in [2.75, 3.05) is 18.0 Å². The van der Waals surface area contributed by atoms with Crippen molar-refractivity contribution in [2.45, 2.75) is 40.5 Å². The van der Waals surface area contributed by atoms with E-state index < -0.39 is 5.97 Å². The number of anilines is 1. The van der Waals surface area contributed by atoms with Gasteiger partial charge in [-0.25, -0.2) is 9.78 Å². The zero-order valence-corrected chi connectivity index (χ0v) is 12.8. The number of carboxylic acid groups (broad SMARTS) is 1. The molecule has 0 spiro atoms. The maximum Gasteiger partial charge on any atom is 0.356 e. The Morgan fingerprint density at radius 1 is 1.15 bits per heavy atom. The van der Waals surface area contributed by atoms with Crippen molar-refractivity contribution in [1.29, 1.82) is 0 Å². The third-order valence-electron chi connectivity index (χ3n) is 3.12. The molecule has 0 aromatic carbocycles. The van der Waals surface area contributed by atoms with Crippen molar-refractivity contribution in [3.05, 3.63) is 18.1 Å². The first-order chi connectivity index (χ1) is 9.40. The molecule has 112 valence electrons. The lowest BCUT2D eigenvalue weighted by molar-refractivity contribution is 0.0690. The number of hydrogen-bond acceptors (Lipinski definition) is 4. The molecule has 0 saturated heterocycles. The summed E-state index contributed by atoms with van der Waals surface area (Å²) in [6, 6.07) is 0. The smallest absolute Gasteiger partial charge is 0.356 e. The van der Waals surface area contributed by atoms with Crippen molar-refractivity contribution >= 4 is 11.8 Å². The summed E-state index contributed by atoms with van der Waals surface area (Å²) < 4.78 is 0. The second-order valence-electron chi connectivity index (χ2n) is 5.92. The van der Waals surface area contributed by atoms with Gasteiger partial charge in [-0.15, -0.1) is 0 Å². The number of nitrogens with zero attached hydrogens (tertiary/aromatic N) is 3. The van der Waals surface area contributed by atoms with Crippen molar-refractivity contribution in [2.24, 2.45) is 11.8 Å². The molecule has 0 aliphatic carbocycles. The van der Waals surface area contributed by atoms with Gasteiger partial charge in [0.05, 0.1) is 12.4 Å². The highest BCUT2D eigenvalue weighted by Gasteiger charge is 2.13. The van der Waals surface area contributed by atoms with E-state index in [-0.39, 0.29) is 5.69 Å². The average molecular weight is 279 g/mol. The van der Waals surface area contributed by atoms with Gasteiger partial charge >= 0.3 is 5.97 Å². The molecule has 1 aromatic rings. The van der Waals surface area contributed by atoms with Crippen LogP contribution in [0.15, 0.2) is 12.4 Å². The standard InChI is InChI=1S/C15H25N3O2/c1-11(2)5-7-18(8-6-12(3)4)14-10-16-9-13(17-14)15(19)20/h9-12H,5-8H2,1-4H3,(H,19,20). The molecule has 1 heterocycles. The van der Waals surface area contributed by atoms with E-state index in [0.717, 1.165) is 25.9 Å². The molecule has 1 N–H and O–H groups in total. The molecule has 0 saturated carbocycles. The Morgan fingerprint density at radius 3 is 2.15 bits per heavy atom. The zero-order valence-electron chi connectivity index (χ0n) is 12.8. The third kappa shape index (κ3) is 5.55. The molecule has 0 aliphatic heterocycles. The minimum Gasteiger partial charge on any atom is -0.476 e. The second-order valence-corrected chi connectivity index (χ2v) is 5.92. The van der Waals surface area contributed by atoms with Crippen molar-refractivity contribution in [1.82, 2.24) is 9.97 Å². The monoisotopic (exact) mass is 279 g/mol. The lowest BCUT2D eigenvalue weighted by atomic mass is 10.1. The van der Waals surface area contributed by atoms with E-state index in [0.29, 0.717) is 17.7 Å². The van der Waals surface area contributed by atoms with Crippen molar-refractivity contribution in [3.63, 3.8) is 0 Å². The van der Waals surface area contributed by atoms with Gasteiger partial charge in [0.15, 0.2) is 5.69 Å². The van der Waals surface area contributed by atoms with Gasteiger partial charge in [-0.2, -0.15) is 0 Å². The molecular formula is C15H25N3O2. The summed E-state index contributed by atoms with van der Waals surface area (Å²) in [5, 5.41) is 9.01. The molecule has 0 atom stereocenters. The summed E-state index contributed by atoms with van der Waals surface area (Å²) in [6.45, 7) is 10.5. The van der Waals surface area contributed by atoms with Gasteiger partial charge in [0.25, 0.3) is 0 Å². The molecule has 0 radical (unpaired) electrons. The number of rotatable bonds is 8. The van der Waals surface area contributed by atoms with E-state index in [1.807, 2.05) is 0 Å². The summed E-state index contributed by atoms with van der Waals surface area (Å²) in [5.41, 5.74) is 0.00148. The highest BCUT2D eigenvalue weighted by molar-refractivity contribution is 5.85. The fourth-order valence-corrected chi connectivity index (χ4v) is 1.78. The molecule has 5 nitrogen and oxygen atoms in total. The van der Waals surface area contributed by atoms with Crippen LogP contribution >= 0.6 is 0 Å². The Kier molecular flexibility index (Phi) is 6.42. The first-order valence-electron chi connectivity index (χ1n) is 7.20. The highest BCUT2D eigenvalue weighted by atomic mass is 16.4. The fourth-order valence-electron chi connectivity index (χ4n) is 1.78. The molecular weight excluding hydrogens is 254 g/mol. The molecule has 20 heavy (non-hydrogen) atoms. The predicted octanol–water partition coefficient (Wildman–Crippen LogP) is 3.07. The predicted molar refractivity (Wildman–Crippen MR) is 80.1 cm³/mol. The van der Waals surface area contributed by atoms with Gasteiger partial charge in [0, 0.05) is 13.1 Å². The zero-order chi connectivity index (χ0) is 15.1. The van der Waals surface area contributed by atoms with Gasteiger partial charge in [0.1, 0.15) is 5.82 Å². The Labute approximate surface area is 121 Å². The van der Waals surface area contributed by atoms with Crippen LogP contribution in [0, 0.1) is 11.8 Å². The van der Waals surface area contributed by atoms with E-state index in [1.54, 1.807) is 6.20 Å². The van der Waals surface area contributed by atoms with Crippen LogP contribution in [-0.4, -0.2) is 34.1 Å². The lowest BCUT2D eigenvalue weighted by Crippen LogP contribution is -2.29. The maximum absolute atomic E-state index is 11.0. The Balaban J connectivity index is 2.84. The first-order valence-corrected chi connectivity index (χ1v) is 7.20.